The fourth-order valence-electron chi connectivity index (χ4n) is 1.72. The van der Waals surface area contributed by atoms with Crippen LogP contribution in [-0.2, 0) is 23.8 Å². The predicted octanol–water partition coefficient (Wildman–Crippen LogP) is 0.439. The molecule has 7 nitrogen and oxygen atoms in total. The molecule has 0 saturated carbocycles. The lowest BCUT2D eigenvalue weighted by Gasteiger charge is -2.30. The zero-order chi connectivity index (χ0) is 15.8. The van der Waals surface area contributed by atoms with Gasteiger partial charge in [0.1, 0.15) is 12.7 Å². The lowest BCUT2D eigenvalue weighted by Crippen LogP contribution is -2.45. The van der Waals surface area contributed by atoms with E-state index in [1.807, 2.05) is 24.1 Å². The van der Waals surface area contributed by atoms with Crippen molar-refractivity contribution >= 4 is 11.9 Å². The van der Waals surface area contributed by atoms with E-state index >= 15 is 0 Å². The highest BCUT2D eigenvalue weighted by atomic mass is 16.6. The van der Waals surface area contributed by atoms with Crippen molar-refractivity contribution in [2.75, 3.05) is 40.4 Å². The van der Waals surface area contributed by atoms with E-state index in [2.05, 4.69) is 0 Å². The van der Waals surface area contributed by atoms with Gasteiger partial charge in [0.2, 0.25) is 0 Å². The first-order valence-corrected chi connectivity index (χ1v) is 7.35. The van der Waals surface area contributed by atoms with Crippen LogP contribution in [0.1, 0.15) is 26.7 Å². The number of epoxide rings is 1. The molecule has 1 rings (SSSR count). The standard InChI is InChI=1S/C14H26N2O5/c1-5-13(17)20-10-12(21-14(18)6-2)8-16(4)15(3)7-11-9-19-11/h11-12H,5-10H2,1-4H3. The van der Waals surface area contributed by atoms with E-state index in [-0.39, 0.29) is 24.6 Å². The Morgan fingerprint density at radius 2 is 1.81 bits per heavy atom. The molecule has 21 heavy (non-hydrogen) atoms. The van der Waals surface area contributed by atoms with Crippen LogP contribution >= 0.6 is 0 Å². The van der Waals surface area contributed by atoms with Gasteiger partial charge in [-0.25, -0.2) is 10.0 Å². The molecular formula is C14H26N2O5. The Labute approximate surface area is 126 Å². The Bertz CT molecular complexity index is 346. The average Bonchev–Trinajstić information content (AvgIpc) is 3.27. The number of carbonyl (C=O) groups excluding carboxylic acids is 2. The maximum absolute atomic E-state index is 11.5. The molecule has 2 unspecified atom stereocenters. The maximum atomic E-state index is 11.5. The van der Waals surface area contributed by atoms with Gasteiger partial charge in [-0.05, 0) is 0 Å². The molecule has 1 heterocycles. The lowest BCUT2D eigenvalue weighted by molar-refractivity contribution is -0.162. The molecule has 0 aromatic rings. The van der Waals surface area contributed by atoms with Crippen molar-refractivity contribution in [3.63, 3.8) is 0 Å². The monoisotopic (exact) mass is 302 g/mol. The first-order valence-electron chi connectivity index (χ1n) is 7.35. The van der Waals surface area contributed by atoms with Gasteiger partial charge in [0.25, 0.3) is 0 Å². The third kappa shape index (κ3) is 7.40. The molecular weight excluding hydrogens is 276 g/mol. The lowest BCUT2D eigenvalue weighted by atomic mass is 10.3. The van der Waals surface area contributed by atoms with E-state index in [0.717, 1.165) is 13.2 Å². The molecule has 0 aliphatic carbocycles. The third-order valence-corrected chi connectivity index (χ3v) is 3.23. The van der Waals surface area contributed by atoms with Gasteiger partial charge in [-0.2, -0.15) is 0 Å². The number of hydrogen-bond acceptors (Lipinski definition) is 7. The maximum Gasteiger partial charge on any atom is 0.305 e. The van der Waals surface area contributed by atoms with E-state index < -0.39 is 6.10 Å². The molecule has 2 atom stereocenters. The number of carbonyl (C=O) groups is 2. The summed E-state index contributed by atoms with van der Waals surface area (Å²) in [5, 5.41) is 3.95. The van der Waals surface area contributed by atoms with Gasteiger partial charge in [-0.3, -0.25) is 9.59 Å². The number of rotatable bonds is 10. The molecule has 1 aliphatic heterocycles. The highest BCUT2D eigenvalue weighted by Gasteiger charge is 2.27. The van der Waals surface area contributed by atoms with Gasteiger partial charge in [0.05, 0.1) is 19.3 Å². The molecule has 7 heteroatoms. The number of nitrogens with zero attached hydrogens (tertiary/aromatic N) is 2. The van der Waals surface area contributed by atoms with Crippen LogP contribution in [0.4, 0.5) is 0 Å². The van der Waals surface area contributed by atoms with Gasteiger partial charge in [-0.15, -0.1) is 0 Å². The fourth-order valence-corrected chi connectivity index (χ4v) is 1.72. The summed E-state index contributed by atoms with van der Waals surface area (Å²) in [7, 11) is 3.84. The molecule has 122 valence electrons. The summed E-state index contributed by atoms with van der Waals surface area (Å²) in [5.41, 5.74) is 0. The molecule has 0 aromatic carbocycles. The van der Waals surface area contributed by atoms with Crippen LogP contribution in [-0.4, -0.2) is 74.6 Å². The van der Waals surface area contributed by atoms with Crippen molar-refractivity contribution in [2.45, 2.75) is 38.9 Å². The summed E-state index contributed by atoms with van der Waals surface area (Å²) in [6.07, 6.45) is 0.421. The van der Waals surface area contributed by atoms with E-state index in [4.69, 9.17) is 14.2 Å². The topological polar surface area (TPSA) is 71.6 Å². The molecule has 1 fully saturated rings. The van der Waals surface area contributed by atoms with E-state index in [0.29, 0.717) is 19.4 Å². The number of likely N-dealkylation sites (N-methyl/N-ethyl adjacent to an activating group) is 2. The van der Waals surface area contributed by atoms with Crippen LogP contribution in [0, 0.1) is 0 Å². The first-order chi connectivity index (χ1) is 9.96. The van der Waals surface area contributed by atoms with Crippen molar-refractivity contribution in [3.05, 3.63) is 0 Å². The van der Waals surface area contributed by atoms with E-state index in [1.54, 1.807) is 13.8 Å². The Balaban J connectivity index is 2.44. The van der Waals surface area contributed by atoms with Crippen LogP contribution in [0.25, 0.3) is 0 Å². The second-order valence-electron chi connectivity index (χ2n) is 5.14. The highest BCUT2D eigenvalue weighted by Crippen LogP contribution is 2.11. The van der Waals surface area contributed by atoms with Gasteiger partial charge in [0, 0.05) is 33.5 Å². The Morgan fingerprint density at radius 1 is 1.19 bits per heavy atom. The van der Waals surface area contributed by atoms with Crippen molar-refractivity contribution in [1.29, 1.82) is 0 Å². The third-order valence-electron chi connectivity index (χ3n) is 3.23. The molecule has 1 aliphatic rings. The summed E-state index contributed by atoms with van der Waals surface area (Å²) < 4.78 is 15.6. The number of ether oxygens (including phenoxy) is 3. The van der Waals surface area contributed by atoms with Gasteiger partial charge >= 0.3 is 11.9 Å². The van der Waals surface area contributed by atoms with E-state index in [1.165, 1.54) is 0 Å². The molecule has 0 aromatic heterocycles. The van der Waals surface area contributed by atoms with Gasteiger partial charge in [0.15, 0.2) is 0 Å². The smallest absolute Gasteiger partial charge is 0.305 e. The van der Waals surface area contributed by atoms with Crippen molar-refractivity contribution in [2.24, 2.45) is 0 Å². The van der Waals surface area contributed by atoms with E-state index in [9.17, 15) is 9.59 Å². The second-order valence-corrected chi connectivity index (χ2v) is 5.14. The second kappa shape index (κ2) is 8.96. The largest absolute Gasteiger partial charge is 0.462 e. The Kier molecular flexibility index (Phi) is 7.63. The molecule has 0 N–H and O–H groups in total. The summed E-state index contributed by atoms with van der Waals surface area (Å²) in [6.45, 7) is 5.59. The molecule has 0 bridgehead atoms. The fraction of sp³-hybridized carbons (Fsp3) is 0.857. The van der Waals surface area contributed by atoms with Crippen LogP contribution < -0.4 is 0 Å². The summed E-state index contributed by atoms with van der Waals surface area (Å²) in [6, 6.07) is 0. The SMILES string of the molecule is CCC(=O)OCC(CN(C)N(C)CC1CO1)OC(=O)CC. The summed E-state index contributed by atoms with van der Waals surface area (Å²) >= 11 is 0. The molecule has 0 spiro atoms. The van der Waals surface area contributed by atoms with Crippen molar-refractivity contribution in [3.8, 4) is 0 Å². The minimum atomic E-state index is -0.472. The van der Waals surface area contributed by atoms with Gasteiger partial charge < -0.3 is 14.2 Å². The first kappa shape index (κ1) is 17.9. The zero-order valence-corrected chi connectivity index (χ0v) is 13.3. The minimum absolute atomic E-state index is 0.0799. The summed E-state index contributed by atoms with van der Waals surface area (Å²) in [5.74, 6) is -0.593. The van der Waals surface area contributed by atoms with Crippen LogP contribution in [0.3, 0.4) is 0 Å². The summed E-state index contributed by atoms with van der Waals surface area (Å²) in [4.78, 5) is 22.7. The predicted molar refractivity (Wildman–Crippen MR) is 76.4 cm³/mol. The highest BCUT2D eigenvalue weighted by molar-refractivity contribution is 5.70. The van der Waals surface area contributed by atoms with Crippen LogP contribution in [0.15, 0.2) is 0 Å². The number of hydrazine groups is 1. The minimum Gasteiger partial charge on any atom is -0.462 e. The number of esters is 2. The van der Waals surface area contributed by atoms with Gasteiger partial charge in [-0.1, -0.05) is 13.8 Å². The number of hydrogen-bond donors (Lipinski definition) is 0. The van der Waals surface area contributed by atoms with Crippen LogP contribution in [0.2, 0.25) is 0 Å². The van der Waals surface area contributed by atoms with Crippen LogP contribution in [0.5, 0.6) is 0 Å². The molecule has 0 radical (unpaired) electrons. The quantitative estimate of drug-likeness (QED) is 0.329. The zero-order valence-electron chi connectivity index (χ0n) is 13.3. The average molecular weight is 302 g/mol. The molecule has 0 amide bonds. The Morgan fingerprint density at radius 3 is 2.33 bits per heavy atom. The molecule has 1 saturated heterocycles. The Hall–Kier alpha value is -1.18. The normalized spacial score (nSPS) is 18.7. The van der Waals surface area contributed by atoms with Crippen molar-refractivity contribution in [1.82, 2.24) is 10.0 Å². The van der Waals surface area contributed by atoms with Crippen molar-refractivity contribution < 1.29 is 23.8 Å².